The Bertz CT molecular complexity index is 1230. The zero-order valence-electron chi connectivity index (χ0n) is 23.0. The Labute approximate surface area is 222 Å². The molecule has 0 saturated carbocycles. The van der Waals surface area contributed by atoms with E-state index in [0.717, 1.165) is 29.7 Å². The van der Waals surface area contributed by atoms with Crippen molar-refractivity contribution in [2.24, 2.45) is 5.92 Å². The number of ether oxygens (including phenoxy) is 3. The number of nitrogens with one attached hydrogen (secondary N) is 3. The van der Waals surface area contributed by atoms with Gasteiger partial charge in [-0.05, 0) is 51.7 Å². The van der Waals surface area contributed by atoms with E-state index in [1.807, 2.05) is 43.4 Å². The number of fused-ring (bicyclic) bond motifs is 3. The molecular weight excluding hydrogens is 490 g/mol. The van der Waals surface area contributed by atoms with E-state index in [-0.39, 0.29) is 17.9 Å². The molecule has 2 heterocycles. The first-order chi connectivity index (χ1) is 18.2. The molecule has 0 aliphatic rings. The third-order valence-corrected chi connectivity index (χ3v) is 5.77. The predicted molar refractivity (Wildman–Crippen MR) is 145 cm³/mol. The SMILES string of the molecule is COCCOc1ccc2c(c1)nc(NCCCCNC(=O)[C@@H](NC(=O)OC(C)C)C(C)C)c1nnc(C)n12. The van der Waals surface area contributed by atoms with Crippen LogP contribution in [0.15, 0.2) is 18.2 Å². The highest BCUT2D eigenvalue weighted by Crippen LogP contribution is 2.25. The number of nitrogens with zero attached hydrogens (tertiary/aromatic N) is 4. The van der Waals surface area contributed by atoms with Gasteiger partial charge in [-0.1, -0.05) is 13.8 Å². The minimum atomic E-state index is -0.658. The minimum absolute atomic E-state index is 0.0738. The molecule has 3 N–H and O–H groups in total. The van der Waals surface area contributed by atoms with Crippen LogP contribution in [0.2, 0.25) is 0 Å². The molecule has 2 aromatic heterocycles. The fourth-order valence-electron chi connectivity index (χ4n) is 3.90. The quantitative estimate of drug-likeness (QED) is 0.269. The van der Waals surface area contributed by atoms with Crippen LogP contribution in [-0.4, -0.2) is 77.1 Å². The maximum Gasteiger partial charge on any atom is 0.408 e. The van der Waals surface area contributed by atoms with E-state index in [1.54, 1.807) is 21.0 Å². The summed E-state index contributed by atoms with van der Waals surface area (Å²) in [6.07, 6.45) is 0.682. The molecule has 0 bridgehead atoms. The summed E-state index contributed by atoms with van der Waals surface area (Å²) in [6, 6.07) is 5.07. The van der Waals surface area contributed by atoms with Crippen LogP contribution in [0.1, 0.15) is 46.4 Å². The number of methoxy groups -OCH3 is 1. The summed E-state index contributed by atoms with van der Waals surface area (Å²) in [6.45, 7) is 11.2. The molecule has 0 fully saturated rings. The van der Waals surface area contributed by atoms with Crippen LogP contribution < -0.4 is 20.7 Å². The molecule has 1 aromatic carbocycles. The molecule has 0 saturated heterocycles. The van der Waals surface area contributed by atoms with Crippen LogP contribution >= 0.6 is 0 Å². The van der Waals surface area contributed by atoms with Crippen LogP contribution in [-0.2, 0) is 14.3 Å². The summed E-state index contributed by atoms with van der Waals surface area (Å²) in [7, 11) is 1.63. The molecule has 0 aliphatic heterocycles. The van der Waals surface area contributed by atoms with Gasteiger partial charge in [0.05, 0.1) is 23.7 Å². The molecule has 0 spiro atoms. The van der Waals surface area contributed by atoms with Crippen LogP contribution in [0, 0.1) is 12.8 Å². The van der Waals surface area contributed by atoms with Crippen LogP contribution in [0.25, 0.3) is 16.7 Å². The second kappa shape index (κ2) is 13.8. The van der Waals surface area contributed by atoms with E-state index < -0.39 is 12.1 Å². The molecule has 2 amide bonds. The highest BCUT2D eigenvalue weighted by molar-refractivity contribution is 5.86. The first-order valence-corrected chi connectivity index (χ1v) is 13.0. The van der Waals surface area contributed by atoms with Crippen molar-refractivity contribution in [2.75, 3.05) is 38.7 Å². The smallest absolute Gasteiger partial charge is 0.408 e. The van der Waals surface area contributed by atoms with Gasteiger partial charge in [-0.25, -0.2) is 9.78 Å². The first-order valence-electron chi connectivity index (χ1n) is 13.0. The monoisotopic (exact) mass is 529 g/mol. The van der Waals surface area contributed by atoms with Crippen molar-refractivity contribution in [3.05, 3.63) is 24.0 Å². The fourth-order valence-corrected chi connectivity index (χ4v) is 3.90. The van der Waals surface area contributed by atoms with E-state index in [0.29, 0.717) is 43.5 Å². The summed E-state index contributed by atoms with van der Waals surface area (Å²) < 4.78 is 17.9. The van der Waals surface area contributed by atoms with Gasteiger partial charge in [0.25, 0.3) is 0 Å². The number of hydrogen-bond donors (Lipinski definition) is 3. The number of amides is 2. The van der Waals surface area contributed by atoms with Gasteiger partial charge in [-0.15, -0.1) is 10.2 Å². The molecule has 0 radical (unpaired) electrons. The molecule has 12 nitrogen and oxygen atoms in total. The standard InChI is InChI=1S/C26H39N7O5/c1-16(2)22(30-26(35)38-17(3)4)25(34)28-12-8-7-11-27-23-24-32-31-18(5)33(24)21-10-9-19(15-20(21)29-23)37-14-13-36-6/h9-10,15-17,22H,7-8,11-14H2,1-6H3,(H,27,29)(H,28,34)(H,30,35)/t22-/m0/s1. The average molecular weight is 530 g/mol. The maximum absolute atomic E-state index is 12.6. The Morgan fingerprint density at radius 3 is 2.53 bits per heavy atom. The van der Waals surface area contributed by atoms with E-state index in [2.05, 4.69) is 26.1 Å². The Hall–Kier alpha value is -3.67. The van der Waals surface area contributed by atoms with Gasteiger partial charge in [0.15, 0.2) is 5.82 Å². The van der Waals surface area contributed by atoms with E-state index in [9.17, 15) is 9.59 Å². The number of alkyl carbamates (subject to hydrolysis) is 1. The van der Waals surface area contributed by atoms with E-state index in [4.69, 9.17) is 19.2 Å². The second-order valence-corrected chi connectivity index (χ2v) is 9.60. The third-order valence-electron chi connectivity index (χ3n) is 5.77. The largest absolute Gasteiger partial charge is 0.491 e. The lowest BCUT2D eigenvalue weighted by Gasteiger charge is -2.22. The molecule has 208 valence electrons. The summed E-state index contributed by atoms with van der Waals surface area (Å²) in [5.41, 5.74) is 2.30. The molecule has 12 heteroatoms. The average Bonchev–Trinajstić information content (AvgIpc) is 3.25. The third kappa shape index (κ3) is 7.67. The first kappa shape index (κ1) is 28.9. The van der Waals surface area contributed by atoms with Crippen molar-refractivity contribution in [1.29, 1.82) is 0 Å². The Kier molecular flexibility index (Phi) is 10.5. The second-order valence-electron chi connectivity index (χ2n) is 9.60. The molecule has 0 unspecified atom stereocenters. The van der Waals surface area contributed by atoms with Gasteiger partial charge in [0, 0.05) is 26.3 Å². The molecule has 38 heavy (non-hydrogen) atoms. The van der Waals surface area contributed by atoms with Gasteiger partial charge < -0.3 is 30.2 Å². The fraction of sp³-hybridized carbons (Fsp3) is 0.577. The minimum Gasteiger partial charge on any atom is -0.491 e. The zero-order chi connectivity index (χ0) is 27.7. The number of unbranched alkanes of at least 4 members (excludes halogenated alkanes) is 1. The molecule has 3 aromatic rings. The molecule has 0 aliphatic carbocycles. The number of rotatable bonds is 14. The van der Waals surface area contributed by atoms with Gasteiger partial charge in [0.2, 0.25) is 11.6 Å². The number of anilines is 1. The Balaban J connectivity index is 1.56. The molecular formula is C26H39N7O5. The lowest BCUT2D eigenvalue weighted by atomic mass is 10.0. The molecule has 1 atom stereocenters. The Morgan fingerprint density at radius 2 is 1.82 bits per heavy atom. The van der Waals surface area contributed by atoms with Crippen molar-refractivity contribution >= 4 is 34.5 Å². The Morgan fingerprint density at radius 1 is 1.05 bits per heavy atom. The predicted octanol–water partition coefficient (Wildman–Crippen LogP) is 3.08. The lowest BCUT2D eigenvalue weighted by molar-refractivity contribution is -0.124. The maximum atomic E-state index is 12.6. The number of hydrogen-bond acceptors (Lipinski definition) is 9. The molecule has 3 rings (SSSR count). The highest BCUT2D eigenvalue weighted by Gasteiger charge is 2.24. The number of carbonyl (C=O) groups excluding carboxylic acids is 2. The highest BCUT2D eigenvalue weighted by atomic mass is 16.6. The number of benzene rings is 1. The normalized spacial score (nSPS) is 12.2. The van der Waals surface area contributed by atoms with Gasteiger partial charge in [-0.2, -0.15) is 0 Å². The van der Waals surface area contributed by atoms with Gasteiger partial charge >= 0.3 is 6.09 Å². The zero-order valence-corrected chi connectivity index (χ0v) is 23.0. The summed E-state index contributed by atoms with van der Waals surface area (Å²) in [5.74, 6) is 1.80. The van der Waals surface area contributed by atoms with Gasteiger partial charge in [0.1, 0.15) is 24.2 Å². The van der Waals surface area contributed by atoms with Crippen LogP contribution in [0.5, 0.6) is 5.75 Å². The number of aromatic nitrogens is 4. The van der Waals surface area contributed by atoms with Crippen molar-refractivity contribution in [2.45, 2.75) is 59.6 Å². The lowest BCUT2D eigenvalue weighted by Crippen LogP contribution is -2.50. The van der Waals surface area contributed by atoms with E-state index >= 15 is 0 Å². The van der Waals surface area contributed by atoms with Crippen LogP contribution in [0.3, 0.4) is 0 Å². The van der Waals surface area contributed by atoms with E-state index in [1.165, 1.54) is 0 Å². The summed E-state index contributed by atoms with van der Waals surface area (Å²) in [4.78, 5) is 29.3. The summed E-state index contributed by atoms with van der Waals surface area (Å²) >= 11 is 0. The topological polar surface area (TPSA) is 141 Å². The van der Waals surface area contributed by atoms with Crippen molar-refractivity contribution in [1.82, 2.24) is 30.2 Å². The van der Waals surface area contributed by atoms with Crippen molar-refractivity contribution < 1.29 is 23.8 Å². The van der Waals surface area contributed by atoms with Gasteiger partial charge in [-0.3, -0.25) is 9.20 Å². The summed E-state index contributed by atoms with van der Waals surface area (Å²) in [5, 5.41) is 17.4. The van der Waals surface area contributed by atoms with Crippen molar-refractivity contribution in [3.63, 3.8) is 0 Å². The van der Waals surface area contributed by atoms with Crippen molar-refractivity contribution in [3.8, 4) is 5.75 Å². The number of aryl methyl sites for hydroxylation is 1. The van der Waals surface area contributed by atoms with Crippen LogP contribution in [0.4, 0.5) is 10.6 Å². The number of carbonyl (C=O) groups is 2.